The minimum absolute atomic E-state index is 0.0975. The third-order valence-electron chi connectivity index (χ3n) is 3.01. The minimum Gasteiger partial charge on any atom is -0.496 e. The van der Waals surface area contributed by atoms with Crippen molar-refractivity contribution in [3.05, 3.63) is 35.9 Å². The normalized spacial score (nSPS) is 10.0. The van der Waals surface area contributed by atoms with Gasteiger partial charge in [-0.2, -0.15) is 0 Å². The maximum atomic E-state index is 12.4. The molecule has 1 amide bonds. The lowest BCUT2D eigenvalue weighted by molar-refractivity contribution is 0.0742. The third-order valence-corrected chi connectivity index (χ3v) is 3.01. The van der Waals surface area contributed by atoms with Crippen LogP contribution in [-0.2, 0) is 0 Å². The molecule has 0 aliphatic rings. The summed E-state index contributed by atoms with van der Waals surface area (Å²) in [6.07, 6.45) is 1.62. The van der Waals surface area contributed by atoms with Gasteiger partial charge in [0.05, 0.1) is 20.8 Å². The fourth-order valence-electron chi connectivity index (χ4n) is 1.94. The highest BCUT2D eigenvalue weighted by molar-refractivity contribution is 5.95. The van der Waals surface area contributed by atoms with Gasteiger partial charge in [-0.1, -0.05) is 6.08 Å². The molecule has 0 spiro atoms. The van der Waals surface area contributed by atoms with Crippen LogP contribution in [0.2, 0.25) is 0 Å². The first-order valence-corrected chi connectivity index (χ1v) is 6.32. The number of carbonyl (C=O) groups excluding carboxylic acids is 1. The number of hydrogen-bond donors (Lipinski definition) is 1. The molecule has 1 aromatic carbocycles. The lowest BCUT2D eigenvalue weighted by Gasteiger charge is -2.21. The second-order valence-corrected chi connectivity index (χ2v) is 4.27. The first-order chi connectivity index (χ1) is 9.58. The molecule has 1 rings (SSSR count). The Labute approximate surface area is 119 Å². The number of rotatable bonds is 7. The van der Waals surface area contributed by atoms with Crippen molar-refractivity contribution in [2.75, 3.05) is 33.9 Å². The maximum Gasteiger partial charge on any atom is 0.254 e. The summed E-state index contributed by atoms with van der Waals surface area (Å²) < 4.78 is 10.5. The lowest BCUT2D eigenvalue weighted by Crippen LogP contribution is -2.33. The van der Waals surface area contributed by atoms with E-state index < -0.39 is 0 Å². The summed E-state index contributed by atoms with van der Waals surface area (Å²) in [6.45, 7) is 6.01. The predicted molar refractivity (Wildman–Crippen MR) is 77.5 cm³/mol. The number of aliphatic hydroxyl groups excluding tert-OH is 1. The fourth-order valence-corrected chi connectivity index (χ4v) is 1.94. The molecule has 0 saturated carbocycles. The first kappa shape index (κ1) is 16.0. The highest BCUT2D eigenvalue weighted by atomic mass is 16.5. The average Bonchev–Trinajstić information content (AvgIpc) is 2.46. The molecule has 0 fully saturated rings. The molecule has 0 atom stereocenters. The second-order valence-electron chi connectivity index (χ2n) is 4.27. The zero-order valence-corrected chi connectivity index (χ0v) is 12.2. The van der Waals surface area contributed by atoms with Crippen molar-refractivity contribution in [3.63, 3.8) is 0 Å². The molecule has 1 N–H and O–H groups in total. The third kappa shape index (κ3) is 3.51. The Morgan fingerprint density at radius 3 is 2.30 bits per heavy atom. The molecule has 20 heavy (non-hydrogen) atoms. The van der Waals surface area contributed by atoms with E-state index in [1.54, 1.807) is 32.4 Å². The van der Waals surface area contributed by atoms with Gasteiger partial charge in [-0.25, -0.2) is 0 Å². The number of ether oxygens (including phenoxy) is 2. The van der Waals surface area contributed by atoms with E-state index in [-0.39, 0.29) is 19.1 Å². The minimum atomic E-state index is -0.199. The summed E-state index contributed by atoms with van der Waals surface area (Å²) >= 11 is 0. The number of carbonyl (C=O) groups is 1. The van der Waals surface area contributed by atoms with E-state index in [9.17, 15) is 4.79 Å². The molecule has 0 unspecified atom stereocenters. The predicted octanol–water partition coefficient (Wildman–Crippen LogP) is 1.63. The molecular weight excluding hydrogens is 258 g/mol. The molecule has 110 valence electrons. The van der Waals surface area contributed by atoms with Crippen LogP contribution in [0, 0.1) is 6.92 Å². The summed E-state index contributed by atoms with van der Waals surface area (Å²) in [6, 6.07) is 3.35. The largest absolute Gasteiger partial charge is 0.496 e. The standard InChI is InChI=1S/C15H21NO4/c1-5-6-16(7-8-17)15(18)12-9-13(19-3)11(2)14(10-12)20-4/h5,9-10,17H,1,6-8H2,2-4H3. The summed E-state index contributed by atoms with van der Waals surface area (Å²) in [7, 11) is 3.09. The molecule has 0 saturated heterocycles. The number of methoxy groups -OCH3 is 2. The topological polar surface area (TPSA) is 59.0 Å². The van der Waals surface area contributed by atoms with Gasteiger partial charge < -0.3 is 19.5 Å². The molecule has 0 aromatic heterocycles. The Morgan fingerprint density at radius 2 is 1.90 bits per heavy atom. The van der Waals surface area contributed by atoms with Gasteiger partial charge in [0, 0.05) is 24.2 Å². The molecule has 0 bridgehead atoms. The van der Waals surface area contributed by atoms with Crippen molar-refractivity contribution in [3.8, 4) is 11.5 Å². The van der Waals surface area contributed by atoms with Crippen LogP contribution in [0.3, 0.4) is 0 Å². The van der Waals surface area contributed by atoms with Crippen molar-refractivity contribution < 1.29 is 19.4 Å². The second kappa shape index (κ2) is 7.55. The van der Waals surface area contributed by atoms with E-state index in [0.29, 0.717) is 23.6 Å². The highest BCUT2D eigenvalue weighted by Crippen LogP contribution is 2.29. The van der Waals surface area contributed by atoms with Crippen LogP contribution in [0.4, 0.5) is 0 Å². The molecule has 5 heteroatoms. The number of aliphatic hydroxyl groups is 1. The zero-order chi connectivity index (χ0) is 15.1. The van der Waals surface area contributed by atoms with Crippen LogP contribution in [0.1, 0.15) is 15.9 Å². The van der Waals surface area contributed by atoms with E-state index in [0.717, 1.165) is 5.56 Å². The average molecular weight is 279 g/mol. The van der Waals surface area contributed by atoms with E-state index in [2.05, 4.69) is 6.58 Å². The van der Waals surface area contributed by atoms with E-state index in [4.69, 9.17) is 14.6 Å². The summed E-state index contributed by atoms with van der Waals surface area (Å²) in [4.78, 5) is 13.9. The monoisotopic (exact) mass is 279 g/mol. The highest BCUT2D eigenvalue weighted by Gasteiger charge is 2.18. The molecule has 0 heterocycles. The Balaban J connectivity index is 3.16. The van der Waals surface area contributed by atoms with Crippen molar-refractivity contribution >= 4 is 5.91 Å². The summed E-state index contributed by atoms with van der Waals surface area (Å²) in [5.74, 6) is 0.987. The maximum absolute atomic E-state index is 12.4. The van der Waals surface area contributed by atoms with E-state index >= 15 is 0 Å². The summed E-state index contributed by atoms with van der Waals surface area (Å²) in [5, 5.41) is 9.03. The number of amides is 1. The van der Waals surface area contributed by atoms with Gasteiger partial charge in [-0.05, 0) is 19.1 Å². The van der Waals surface area contributed by atoms with Gasteiger partial charge in [0.2, 0.25) is 0 Å². The first-order valence-electron chi connectivity index (χ1n) is 6.32. The van der Waals surface area contributed by atoms with Gasteiger partial charge >= 0.3 is 0 Å². The van der Waals surface area contributed by atoms with Gasteiger partial charge in [0.15, 0.2) is 0 Å². The van der Waals surface area contributed by atoms with Gasteiger partial charge in [0.25, 0.3) is 5.91 Å². The Hall–Kier alpha value is -2.01. The quantitative estimate of drug-likeness (QED) is 0.771. The molecule has 0 aliphatic heterocycles. The SMILES string of the molecule is C=CCN(CCO)C(=O)c1cc(OC)c(C)c(OC)c1. The van der Waals surface area contributed by atoms with Crippen LogP contribution in [0.15, 0.2) is 24.8 Å². The van der Waals surface area contributed by atoms with Gasteiger partial charge in [-0.15, -0.1) is 6.58 Å². The fraction of sp³-hybridized carbons (Fsp3) is 0.400. The van der Waals surface area contributed by atoms with E-state index in [1.807, 2.05) is 6.92 Å². The van der Waals surface area contributed by atoms with Gasteiger partial charge in [0.1, 0.15) is 11.5 Å². The molecule has 5 nitrogen and oxygen atoms in total. The van der Waals surface area contributed by atoms with Crippen LogP contribution in [0.5, 0.6) is 11.5 Å². The van der Waals surface area contributed by atoms with Crippen molar-refractivity contribution in [2.24, 2.45) is 0 Å². The van der Waals surface area contributed by atoms with Crippen molar-refractivity contribution in [2.45, 2.75) is 6.92 Å². The molecule has 0 aliphatic carbocycles. The van der Waals surface area contributed by atoms with E-state index in [1.165, 1.54) is 4.90 Å². The zero-order valence-electron chi connectivity index (χ0n) is 12.2. The smallest absolute Gasteiger partial charge is 0.254 e. The summed E-state index contributed by atoms with van der Waals surface area (Å²) in [5.41, 5.74) is 1.29. The van der Waals surface area contributed by atoms with Crippen LogP contribution >= 0.6 is 0 Å². The number of nitrogens with zero attached hydrogens (tertiary/aromatic N) is 1. The Kier molecular flexibility index (Phi) is 6.06. The number of benzene rings is 1. The Bertz CT molecular complexity index is 460. The van der Waals surface area contributed by atoms with Crippen LogP contribution in [0.25, 0.3) is 0 Å². The Morgan fingerprint density at radius 1 is 1.35 bits per heavy atom. The lowest BCUT2D eigenvalue weighted by atomic mass is 10.1. The van der Waals surface area contributed by atoms with Gasteiger partial charge in [-0.3, -0.25) is 4.79 Å². The van der Waals surface area contributed by atoms with Crippen molar-refractivity contribution in [1.82, 2.24) is 4.90 Å². The molecular formula is C15H21NO4. The van der Waals surface area contributed by atoms with Crippen molar-refractivity contribution in [1.29, 1.82) is 0 Å². The molecule has 0 radical (unpaired) electrons. The van der Waals surface area contributed by atoms with Crippen LogP contribution < -0.4 is 9.47 Å². The molecule has 1 aromatic rings. The van der Waals surface area contributed by atoms with Crippen LogP contribution in [-0.4, -0.2) is 49.8 Å². The number of hydrogen-bond acceptors (Lipinski definition) is 4.